The minimum absolute atomic E-state index is 0.0732. The molecule has 1 amide bonds. The standard InChI is InChI=1S/C12H12BrF2NO/c13-9-2-1-3-16(7-9)12(17)8-4-10(14)6-11(15)5-8/h4-6,9H,1-3,7H2. The number of halogens is 3. The first-order chi connectivity index (χ1) is 8.06. The van der Waals surface area contributed by atoms with Gasteiger partial charge in [-0.3, -0.25) is 4.79 Å². The molecule has 0 aromatic heterocycles. The summed E-state index contributed by atoms with van der Waals surface area (Å²) in [6, 6.07) is 2.91. The van der Waals surface area contributed by atoms with Gasteiger partial charge in [0.25, 0.3) is 5.91 Å². The molecule has 17 heavy (non-hydrogen) atoms. The smallest absolute Gasteiger partial charge is 0.254 e. The van der Waals surface area contributed by atoms with Crippen molar-refractivity contribution in [2.24, 2.45) is 0 Å². The Morgan fingerprint density at radius 3 is 2.53 bits per heavy atom. The van der Waals surface area contributed by atoms with E-state index in [9.17, 15) is 13.6 Å². The molecule has 0 spiro atoms. The number of hydrogen-bond acceptors (Lipinski definition) is 1. The molecule has 92 valence electrons. The van der Waals surface area contributed by atoms with Crippen LogP contribution in [-0.4, -0.2) is 28.7 Å². The second kappa shape index (κ2) is 5.12. The van der Waals surface area contributed by atoms with E-state index in [0.29, 0.717) is 13.1 Å². The highest BCUT2D eigenvalue weighted by Crippen LogP contribution is 2.19. The molecule has 1 atom stereocenters. The molecule has 2 rings (SSSR count). The van der Waals surface area contributed by atoms with Crippen molar-refractivity contribution in [2.75, 3.05) is 13.1 Å². The van der Waals surface area contributed by atoms with Crippen LogP contribution in [0.25, 0.3) is 0 Å². The highest BCUT2D eigenvalue weighted by Gasteiger charge is 2.23. The number of carbonyl (C=O) groups excluding carboxylic acids is 1. The van der Waals surface area contributed by atoms with Crippen molar-refractivity contribution in [1.29, 1.82) is 0 Å². The van der Waals surface area contributed by atoms with Crippen LogP contribution in [0.15, 0.2) is 18.2 Å². The first-order valence-corrected chi connectivity index (χ1v) is 6.37. The minimum Gasteiger partial charge on any atom is -0.338 e. The van der Waals surface area contributed by atoms with Crippen molar-refractivity contribution in [3.63, 3.8) is 0 Å². The normalized spacial score (nSPS) is 20.4. The summed E-state index contributed by atoms with van der Waals surface area (Å²) in [5.74, 6) is -1.76. The molecule has 1 fully saturated rings. The fourth-order valence-corrected chi connectivity index (χ4v) is 2.64. The second-order valence-electron chi connectivity index (χ2n) is 4.15. The largest absolute Gasteiger partial charge is 0.338 e. The molecule has 1 saturated heterocycles. The van der Waals surface area contributed by atoms with Crippen LogP contribution < -0.4 is 0 Å². The Labute approximate surface area is 107 Å². The van der Waals surface area contributed by atoms with Crippen LogP contribution >= 0.6 is 15.9 Å². The second-order valence-corrected chi connectivity index (χ2v) is 5.44. The van der Waals surface area contributed by atoms with Gasteiger partial charge in [-0.05, 0) is 25.0 Å². The molecule has 2 nitrogen and oxygen atoms in total. The maximum atomic E-state index is 13.0. The van der Waals surface area contributed by atoms with Gasteiger partial charge < -0.3 is 4.90 Å². The van der Waals surface area contributed by atoms with Gasteiger partial charge in [-0.25, -0.2) is 8.78 Å². The lowest BCUT2D eigenvalue weighted by Crippen LogP contribution is -2.40. The lowest BCUT2D eigenvalue weighted by atomic mass is 10.1. The van der Waals surface area contributed by atoms with Crippen LogP contribution in [-0.2, 0) is 0 Å². The molecule has 5 heteroatoms. The molecule has 0 N–H and O–H groups in total. The van der Waals surface area contributed by atoms with Crippen molar-refractivity contribution in [3.8, 4) is 0 Å². The Morgan fingerprint density at radius 2 is 1.94 bits per heavy atom. The zero-order valence-electron chi connectivity index (χ0n) is 9.13. The fourth-order valence-electron chi connectivity index (χ4n) is 1.97. The van der Waals surface area contributed by atoms with Gasteiger partial charge in [-0.15, -0.1) is 0 Å². The lowest BCUT2D eigenvalue weighted by Gasteiger charge is -2.30. The van der Waals surface area contributed by atoms with E-state index in [-0.39, 0.29) is 16.3 Å². The lowest BCUT2D eigenvalue weighted by molar-refractivity contribution is 0.0729. The highest BCUT2D eigenvalue weighted by molar-refractivity contribution is 9.09. The van der Waals surface area contributed by atoms with Crippen molar-refractivity contribution in [3.05, 3.63) is 35.4 Å². The van der Waals surface area contributed by atoms with E-state index in [4.69, 9.17) is 0 Å². The number of piperidine rings is 1. The molecular formula is C12H12BrF2NO. The molecule has 0 aliphatic carbocycles. The van der Waals surface area contributed by atoms with Gasteiger partial charge in [0, 0.05) is 29.5 Å². The summed E-state index contributed by atoms with van der Waals surface area (Å²) in [4.78, 5) is 13.9. The third-order valence-corrected chi connectivity index (χ3v) is 3.51. The van der Waals surface area contributed by atoms with Gasteiger partial charge in [0.2, 0.25) is 0 Å². The highest BCUT2D eigenvalue weighted by atomic mass is 79.9. The SMILES string of the molecule is O=C(c1cc(F)cc(F)c1)N1CCCC(Br)C1. The van der Waals surface area contributed by atoms with Gasteiger partial charge >= 0.3 is 0 Å². The molecule has 0 radical (unpaired) electrons. The first-order valence-electron chi connectivity index (χ1n) is 5.45. The summed E-state index contributed by atoms with van der Waals surface area (Å²) < 4.78 is 26.0. The van der Waals surface area contributed by atoms with Gasteiger partial charge in [0.15, 0.2) is 0 Å². The van der Waals surface area contributed by atoms with E-state index >= 15 is 0 Å². The fraction of sp³-hybridized carbons (Fsp3) is 0.417. The summed E-state index contributed by atoms with van der Waals surface area (Å²) in [7, 11) is 0. The van der Waals surface area contributed by atoms with E-state index in [1.165, 1.54) is 0 Å². The van der Waals surface area contributed by atoms with Crippen LogP contribution in [0.1, 0.15) is 23.2 Å². The predicted octanol–water partition coefficient (Wildman–Crippen LogP) is 2.96. The maximum absolute atomic E-state index is 13.0. The van der Waals surface area contributed by atoms with Gasteiger partial charge in [-0.1, -0.05) is 15.9 Å². The van der Waals surface area contributed by atoms with Crippen LogP contribution in [0.4, 0.5) is 8.78 Å². The van der Waals surface area contributed by atoms with Gasteiger partial charge in [0.05, 0.1) is 0 Å². The molecule has 0 bridgehead atoms. The van der Waals surface area contributed by atoms with Gasteiger partial charge in [0.1, 0.15) is 11.6 Å². The number of carbonyl (C=O) groups is 1. The number of alkyl halides is 1. The Bertz CT molecular complexity index is 418. The Kier molecular flexibility index (Phi) is 3.76. The van der Waals surface area contributed by atoms with E-state index < -0.39 is 11.6 Å². The van der Waals surface area contributed by atoms with Crippen LogP contribution in [0.2, 0.25) is 0 Å². The van der Waals surface area contributed by atoms with Crippen molar-refractivity contribution < 1.29 is 13.6 Å². The number of amides is 1. The number of hydrogen-bond donors (Lipinski definition) is 0. The number of likely N-dealkylation sites (tertiary alicyclic amines) is 1. The maximum Gasteiger partial charge on any atom is 0.254 e. The predicted molar refractivity (Wildman–Crippen MR) is 64.2 cm³/mol. The molecule has 1 unspecified atom stereocenters. The third-order valence-electron chi connectivity index (χ3n) is 2.76. The third kappa shape index (κ3) is 3.03. The Balaban J connectivity index is 2.18. The van der Waals surface area contributed by atoms with E-state index in [2.05, 4.69) is 15.9 Å². The van der Waals surface area contributed by atoms with Gasteiger partial charge in [-0.2, -0.15) is 0 Å². The molecular weight excluding hydrogens is 292 g/mol. The monoisotopic (exact) mass is 303 g/mol. The van der Waals surface area contributed by atoms with Crippen molar-refractivity contribution in [2.45, 2.75) is 17.7 Å². The molecule has 0 saturated carbocycles. The number of rotatable bonds is 1. The molecule has 1 aliphatic rings. The van der Waals surface area contributed by atoms with Crippen LogP contribution in [0.3, 0.4) is 0 Å². The topological polar surface area (TPSA) is 20.3 Å². The number of nitrogens with zero attached hydrogens (tertiary/aromatic N) is 1. The molecule has 1 aliphatic heterocycles. The van der Waals surface area contributed by atoms with E-state index in [1.54, 1.807) is 4.90 Å². The summed E-state index contributed by atoms with van der Waals surface area (Å²) in [5.41, 5.74) is 0.0732. The molecule has 1 aromatic carbocycles. The summed E-state index contributed by atoms with van der Waals surface area (Å²) in [6.45, 7) is 1.22. The quantitative estimate of drug-likeness (QED) is 0.731. The number of benzene rings is 1. The summed E-state index contributed by atoms with van der Waals surface area (Å²) >= 11 is 3.46. The average Bonchev–Trinajstić information content (AvgIpc) is 2.26. The minimum atomic E-state index is -0.722. The first kappa shape index (κ1) is 12.5. The van der Waals surface area contributed by atoms with E-state index in [0.717, 1.165) is 31.0 Å². The Hall–Kier alpha value is -0.970. The molecule has 1 heterocycles. The summed E-state index contributed by atoms with van der Waals surface area (Å²) in [5, 5.41) is 0. The van der Waals surface area contributed by atoms with Crippen molar-refractivity contribution in [1.82, 2.24) is 4.90 Å². The van der Waals surface area contributed by atoms with Crippen LogP contribution in [0, 0.1) is 11.6 Å². The summed E-state index contributed by atoms with van der Waals surface area (Å²) in [6.07, 6.45) is 1.92. The zero-order valence-corrected chi connectivity index (χ0v) is 10.7. The average molecular weight is 304 g/mol. The van der Waals surface area contributed by atoms with Crippen LogP contribution in [0.5, 0.6) is 0 Å². The zero-order chi connectivity index (χ0) is 12.4. The Morgan fingerprint density at radius 1 is 1.29 bits per heavy atom. The van der Waals surface area contributed by atoms with Crippen molar-refractivity contribution >= 4 is 21.8 Å². The van der Waals surface area contributed by atoms with E-state index in [1.807, 2.05) is 0 Å². The molecule has 1 aromatic rings.